The van der Waals surface area contributed by atoms with Gasteiger partial charge in [0.25, 0.3) is 0 Å². The average Bonchev–Trinajstić information content (AvgIpc) is 3.09. The summed E-state index contributed by atoms with van der Waals surface area (Å²) in [5.41, 5.74) is 0.313. The van der Waals surface area contributed by atoms with Crippen LogP contribution in [0, 0.1) is 0 Å². The van der Waals surface area contributed by atoms with Crippen LogP contribution in [0.25, 0.3) is 0 Å². The van der Waals surface area contributed by atoms with Crippen molar-refractivity contribution in [1.82, 2.24) is 0 Å². The van der Waals surface area contributed by atoms with Crippen molar-refractivity contribution in [3.05, 3.63) is 29.3 Å². The first-order chi connectivity index (χ1) is 9.42. The van der Waals surface area contributed by atoms with E-state index in [1.807, 2.05) is 0 Å². The normalized spacial score (nSPS) is 17.0. The largest absolute Gasteiger partial charge is 0.543 e. The van der Waals surface area contributed by atoms with Crippen molar-refractivity contribution < 1.29 is 17.6 Å². The van der Waals surface area contributed by atoms with Crippen molar-refractivity contribution in [3.8, 4) is 5.75 Å². The molecule has 0 aromatic heterocycles. The van der Waals surface area contributed by atoms with Gasteiger partial charge in [0.1, 0.15) is 5.75 Å². The second-order valence-corrected chi connectivity index (χ2v) is 12.1. The number of rotatable bonds is 3. The number of benzene rings is 1. The lowest BCUT2D eigenvalue weighted by Gasteiger charge is -2.37. The van der Waals surface area contributed by atoms with E-state index >= 15 is 0 Å². The van der Waals surface area contributed by atoms with Crippen LogP contribution in [0.4, 0.5) is 13.2 Å². The maximum atomic E-state index is 12.9. The molecule has 1 nitrogen and oxygen atoms in total. The van der Waals surface area contributed by atoms with Crippen molar-refractivity contribution in [3.63, 3.8) is 0 Å². The highest BCUT2D eigenvalue weighted by Gasteiger charge is 2.41. The van der Waals surface area contributed by atoms with Crippen LogP contribution in [0.5, 0.6) is 5.75 Å². The molecule has 1 fully saturated rings. The van der Waals surface area contributed by atoms with E-state index in [4.69, 9.17) is 4.43 Å². The molecule has 0 bridgehead atoms. The molecule has 0 N–H and O–H groups in total. The lowest BCUT2D eigenvalue weighted by atomic mass is 10.1. The minimum atomic E-state index is -4.33. The smallest absolute Gasteiger partial charge is 0.416 e. The Morgan fingerprint density at radius 2 is 1.67 bits per heavy atom. The second-order valence-electron chi connectivity index (χ2n) is 7.39. The first-order valence-electron chi connectivity index (χ1n) is 7.32. The minimum absolute atomic E-state index is 0.0396. The summed E-state index contributed by atoms with van der Waals surface area (Å²) in [6.07, 6.45) is -2.24. The van der Waals surface area contributed by atoms with E-state index in [0.717, 1.165) is 18.4 Å². The van der Waals surface area contributed by atoms with Crippen molar-refractivity contribution >= 4 is 8.32 Å². The van der Waals surface area contributed by atoms with Gasteiger partial charge >= 0.3 is 6.18 Å². The van der Waals surface area contributed by atoms with Crippen LogP contribution < -0.4 is 4.43 Å². The lowest BCUT2D eigenvalue weighted by Crippen LogP contribution is -2.44. The Hall–Kier alpha value is -0.973. The SMILES string of the molecule is CC(C)(C)[Si](C)(C)Oc1cc(C(F)(F)F)ccc1C1CC1. The Labute approximate surface area is 125 Å². The molecule has 0 unspecified atom stereocenters. The predicted octanol–water partition coefficient (Wildman–Crippen LogP) is 5.97. The number of hydrogen-bond acceptors (Lipinski definition) is 1. The maximum Gasteiger partial charge on any atom is 0.416 e. The summed E-state index contributed by atoms with van der Waals surface area (Å²) in [6.45, 7) is 10.4. The molecule has 1 aliphatic rings. The third-order valence-corrected chi connectivity index (χ3v) is 8.87. The van der Waals surface area contributed by atoms with Gasteiger partial charge in [-0.3, -0.25) is 0 Å². The van der Waals surface area contributed by atoms with E-state index in [9.17, 15) is 13.2 Å². The Morgan fingerprint density at radius 3 is 2.10 bits per heavy atom. The topological polar surface area (TPSA) is 9.23 Å². The zero-order chi connectivity index (χ0) is 16.1. The van der Waals surface area contributed by atoms with Gasteiger partial charge in [0, 0.05) is 0 Å². The number of hydrogen-bond donors (Lipinski definition) is 0. The summed E-state index contributed by atoms with van der Waals surface area (Å²) in [6, 6.07) is 3.96. The van der Waals surface area contributed by atoms with E-state index in [1.54, 1.807) is 6.07 Å². The standard InChI is InChI=1S/C16H23F3OSi/c1-15(2,3)21(4,5)20-14-10-12(16(17,18)19)8-9-13(14)11-6-7-11/h8-11H,6-7H2,1-5H3. The lowest BCUT2D eigenvalue weighted by molar-refractivity contribution is -0.137. The van der Waals surface area contributed by atoms with Crippen LogP contribution in [0.2, 0.25) is 18.1 Å². The monoisotopic (exact) mass is 316 g/mol. The molecule has 21 heavy (non-hydrogen) atoms. The van der Waals surface area contributed by atoms with Gasteiger partial charge < -0.3 is 4.43 Å². The van der Waals surface area contributed by atoms with Gasteiger partial charge in [0.2, 0.25) is 8.32 Å². The first kappa shape index (κ1) is 16.4. The molecule has 0 atom stereocenters. The quantitative estimate of drug-likeness (QED) is 0.624. The van der Waals surface area contributed by atoms with Crippen LogP contribution in [0.1, 0.15) is 50.7 Å². The molecule has 1 aromatic rings. The summed E-state index contributed by atoms with van der Waals surface area (Å²) in [7, 11) is -2.14. The van der Waals surface area contributed by atoms with Crippen LogP contribution >= 0.6 is 0 Å². The van der Waals surface area contributed by atoms with Gasteiger partial charge in [-0.1, -0.05) is 26.8 Å². The van der Waals surface area contributed by atoms with Crippen LogP contribution in [0.15, 0.2) is 18.2 Å². The molecule has 1 aromatic carbocycles. The second kappa shape index (κ2) is 5.04. The van der Waals surface area contributed by atoms with E-state index < -0.39 is 20.1 Å². The molecule has 0 spiro atoms. The van der Waals surface area contributed by atoms with E-state index in [-0.39, 0.29) is 5.04 Å². The van der Waals surface area contributed by atoms with Gasteiger partial charge in [0.15, 0.2) is 0 Å². The molecule has 5 heteroatoms. The fourth-order valence-corrected chi connectivity index (χ4v) is 2.99. The Morgan fingerprint density at radius 1 is 1.10 bits per heavy atom. The Balaban J connectivity index is 2.40. The number of halogens is 3. The van der Waals surface area contributed by atoms with Crippen molar-refractivity contribution in [2.24, 2.45) is 0 Å². The third kappa shape index (κ3) is 3.62. The molecule has 1 aliphatic carbocycles. The molecule has 118 valence electrons. The maximum absolute atomic E-state index is 12.9. The molecule has 0 saturated heterocycles. The zero-order valence-corrected chi connectivity index (χ0v) is 14.3. The Bertz CT molecular complexity index is 525. The molecular formula is C16H23F3OSi. The minimum Gasteiger partial charge on any atom is -0.543 e. The van der Waals surface area contributed by atoms with Crippen LogP contribution in [-0.4, -0.2) is 8.32 Å². The van der Waals surface area contributed by atoms with E-state index in [2.05, 4.69) is 33.9 Å². The molecule has 1 saturated carbocycles. The highest BCUT2D eigenvalue weighted by Crippen LogP contribution is 2.48. The number of alkyl halides is 3. The van der Waals surface area contributed by atoms with Gasteiger partial charge in [-0.15, -0.1) is 0 Å². The van der Waals surface area contributed by atoms with Gasteiger partial charge in [0.05, 0.1) is 5.56 Å². The Kier molecular flexibility index (Phi) is 3.94. The fourth-order valence-electron chi connectivity index (χ4n) is 1.96. The summed E-state index contributed by atoms with van der Waals surface area (Å²) in [5.74, 6) is 0.811. The first-order valence-corrected chi connectivity index (χ1v) is 10.2. The van der Waals surface area contributed by atoms with Crippen molar-refractivity contribution in [2.75, 3.05) is 0 Å². The van der Waals surface area contributed by atoms with E-state index in [1.165, 1.54) is 12.1 Å². The zero-order valence-electron chi connectivity index (χ0n) is 13.3. The van der Waals surface area contributed by atoms with Gasteiger partial charge in [-0.05, 0) is 54.6 Å². The molecular weight excluding hydrogens is 293 g/mol. The highest BCUT2D eigenvalue weighted by molar-refractivity contribution is 6.74. The summed E-state index contributed by atoms with van der Waals surface area (Å²) < 4.78 is 45.0. The molecule has 0 radical (unpaired) electrons. The van der Waals surface area contributed by atoms with Crippen LogP contribution in [-0.2, 0) is 6.18 Å². The molecule has 0 aliphatic heterocycles. The highest BCUT2D eigenvalue weighted by atomic mass is 28.4. The summed E-state index contributed by atoms with van der Waals surface area (Å²) >= 11 is 0. The fraction of sp³-hybridized carbons (Fsp3) is 0.625. The summed E-state index contributed by atoms with van der Waals surface area (Å²) in [5, 5.41) is -0.0396. The van der Waals surface area contributed by atoms with Gasteiger partial charge in [-0.25, -0.2) is 0 Å². The van der Waals surface area contributed by atoms with E-state index in [0.29, 0.717) is 11.7 Å². The third-order valence-electron chi connectivity index (χ3n) is 4.53. The van der Waals surface area contributed by atoms with Crippen molar-refractivity contribution in [1.29, 1.82) is 0 Å². The predicted molar refractivity (Wildman–Crippen MR) is 81.2 cm³/mol. The molecule has 0 heterocycles. The summed E-state index contributed by atoms with van der Waals surface area (Å²) in [4.78, 5) is 0. The van der Waals surface area contributed by atoms with Gasteiger partial charge in [-0.2, -0.15) is 13.2 Å². The molecule has 2 rings (SSSR count). The molecule has 0 amide bonds. The van der Waals surface area contributed by atoms with Crippen LogP contribution in [0.3, 0.4) is 0 Å². The average molecular weight is 316 g/mol. The van der Waals surface area contributed by atoms with Crippen molar-refractivity contribution in [2.45, 2.75) is 63.8 Å².